The summed E-state index contributed by atoms with van der Waals surface area (Å²) < 4.78 is 0. The molecule has 0 fully saturated rings. The fraction of sp³-hybridized carbons (Fsp3) is 0.545. The Labute approximate surface area is 88.4 Å². The predicted molar refractivity (Wildman–Crippen MR) is 59.3 cm³/mol. The third-order valence-corrected chi connectivity index (χ3v) is 4.23. The summed E-state index contributed by atoms with van der Waals surface area (Å²) in [6.45, 7) is 4.47. The van der Waals surface area contributed by atoms with Gasteiger partial charge in [0.1, 0.15) is 11.1 Å². The van der Waals surface area contributed by atoms with Crippen molar-refractivity contribution in [2.24, 2.45) is 5.92 Å². The number of nitriles is 1. The van der Waals surface area contributed by atoms with Crippen LogP contribution in [0.25, 0.3) is 0 Å². The van der Waals surface area contributed by atoms with Gasteiger partial charge in [0, 0.05) is 4.88 Å². The highest BCUT2D eigenvalue weighted by Gasteiger charge is 2.27. The normalized spacial score (nSPS) is 25.5. The van der Waals surface area contributed by atoms with Crippen molar-refractivity contribution >= 4 is 16.3 Å². The molecule has 0 aromatic carbocycles. The van der Waals surface area contributed by atoms with Crippen molar-refractivity contribution < 1.29 is 0 Å². The van der Waals surface area contributed by atoms with Crippen molar-refractivity contribution in [2.45, 2.75) is 32.6 Å². The lowest BCUT2D eigenvalue weighted by Crippen LogP contribution is -2.13. The third-order valence-electron chi connectivity index (χ3n) is 2.93. The van der Waals surface area contributed by atoms with E-state index in [-0.39, 0.29) is 0 Å². The van der Waals surface area contributed by atoms with Crippen molar-refractivity contribution in [3.05, 3.63) is 16.0 Å². The van der Waals surface area contributed by atoms with Crippen molar-refractivity contribution in [3.8, 4) is 6.07 Å². The molecule has 2 nitrogen and oxygen atoms in total. The van der Waals surface area contributed by atoms with E-state index in [1.165, 1.54) is 16.9 Å². The second-order valence-corrected chi connectivity index (χ2v) is 5.33. The molecule has 2 N–H and O–H groups in total. The number of nitrogen functional groups attached to an aromatic ring is 1. The summed E-state index contributed by atoms with van der Waals surface area (Å²) in [7, 11) is 0. The van der Waals surface area contributed by atoms with Crippen LogP contribution in [0, 0.1) is 17.2 Å². The standard InChI is InChI=1S/C11H14N2S/c1-6-3-7(2)10-8(4-6)9(5-12)11(13)14-10/h6-7H,3-4,13H2,1-2H3/t6-,7-/m1/s1. The SMILES string of the molecule is C[C@H]1Cc2c(sc(N)c2C#N)[C@H](C)C1. The maximum absolute atomic E-state index is 9.01. The minimum absolute atomic E-state index is 0.572. The van der Waals surface area contributed by atoms with Gasteiger partial charge in [-0.3, -0.25) is 0 Å². The van der Waals surface area contributed by atoms with Crippen molar-refractivity contribution in [2.75, 3.05) is 5.73 Å². The lowest BCUT2D eigenvalue weighted by molar-refractivity contribution is 0.456. The van der Waals surface area contributed by atoms with E-state index in [4.69, 9.17) is 11.0 Å². The molecule has 1 aliphatic rings. The molecule has 1 aliphatic carbocycles. The summed E-state index contributed by atoms with van der Waals surface area (Å²) in [5, 5.41) is 9.72. The van der Waals surface area contributed by atoms with E-state index in [0.717, 1.165) is 12.0 Å². The van der Waals surface area contributed by atoms with Gasteiger partial charge in [-0.2, -0.15) is 5.26 Å². The van der Waals surface area contributed by atoms with Gasteiger partial charge in [0.05, 0.1) is 5.56 Å². The van der Waals surface area contributed by atoms with Gasteiger partial charge in [-0.05, 0) is 30.2 Å². The highest BCUT2D eigenvalue weighted by atomic mass is 32.1. The molecule has 1 aromatic heterocycles. The van der Waals surface area contributed by atoms with Crippen LogP contribution < -0.4 is 5.73 Å². The molecule has 0 radical (unpaired) electrons. The van der Waals surface area contributed by atoms with Gasteiger partial charge in [0.15, 0.2) is 0 Å². The van der Waals surface area contributed by atoms with Gasteiger partial charge in [-0.15, -0.1) is 11.3 Å². The van der Waals surface area contributed by atoms with Crippen molar-refractivity contribution in [3.63, 3.8) is 0 Å². The van der Waals surface area contributed by atoms with E-state index in [1.54, 1.807) is 11.3 Å². The zero-order valence-corrected chi connectivity index (χ0v) is 9.32. The van der Waals surface area contributed by atoms with Crippen LogP contribution in [-0.4, -0.2) is 0 Å². The smallest absolute Gasteiger partial charge is 0.104 e. The summed E-state index contributed by atoms with van der Waals surface area (Å²) in [6, 6.07) is 2.23. The largest absolute Gasteiger partial charge is 0.389 e. The Bertz CT molecular complexity index is 400. The number of rotatable bonds is 0. The number of thiophene rings is 1. The molecule has 0 saturated heterocycles. The second kappa shape index (κ2) is 3.29. The number of anilines is 1. The van der Waals surface area contributed by atoms with E-state index in [9.17, 15) is 0 Å². The van der Waals surface area contributed by atoms with Crippen molar-refractivity contribution in [1.29, 1.82) is 5.26 Å². The van der Waals surface area contributed by atoms with Crippen LogP contribution in [-0.2, 0) is 6.42 Å². The highest BCUT2D eigenvalue weighted by molar-refractivity contribution is 7.16. The van der Waals surface area contributed by atoms with E-state index >= 15 is 0 Å². The van der Waals surface area contributed by atoms with Gasteiger partial charge >= 0.3 is 0 Å². The number of nitrogens with two attached hydrogens (primary N) is 1. The lowest BCUT2D eigenvalue weighted by Gasteiger charge is -2.24. The molecular formula is C11H14N2S. The molecule has 2 atom stereocenters. The fourth-order valence-electron chi connectivity index (χ4n) is 2.37. The van der Waals surface area contributed by atoms with Crippen LogP contribution in [0.3, 0.4) is 0 Å². The molecule has 2 rings (SSSR count). The van der Waals surface area contributed by atoms with Gasteiger partial charge in [-0.1, -0.05) is 13.8 Å². The number of hydrogen-bond acceptors (Lipinski definition) is 3. The molecule has 74 valence electrons. The topological polar surface area (TPSA) is 49.8 Å². The average Bonchev–Trinajstić information content (AvgIpc) is 2.41. The fourth-order valence-corrected chi connectivity index (χ4v) is 3.48. The van der Waals surface area contributed by atoms with Gasteiger partial charge in [0.25, 0.3) is 0 Å². The minimum atomic E-state index is 0.572. The highest BCUT2D eigenvalue weighted by Crippen LogP contribution is 2.43. The monoisotopic (exact) mass is 206 g/mol. The van der Waals surface area contributed by atoms with Gasteiger partial charge < -0.3 is 5.73 Å². The predicted octanol–water partition coefficient (Wildman–Crippen LogP) is 2.89. The molecule has 1 heterocycles. The van der Waals surface area contributed by atoms with Gasteiger partial charge in [-0.25, -0.2) is 0 Å². The Morgan fingerprint density at radius 3 is 2.86 bits per heavy atom. The summed E-state index contributed by atoms with van der Waals surface area (Å²) in [5.74, 6) is 1.25. The Hall–Kier alpha value is -1.01. The lowest BCUT2D eigenvalue weighted by atomic mass is 9.82. The van der Waals surface area contributed by atoms with Crippen LogP contribution >= 0.6 is 11.3 Å². The Morgan fingerprint density at radius 2 is 2.21 bits per heavy atom. The molecule has 0 amide bonds. The van der Waals surface area contributed by atoms with Crippen LogP contribution in [0.4, 0.5) is 5.00 Å². The van der Waals surface area contributed by atoms with Crippen LogP contribution in [0.5, 0.6) is 0 Å². The molecule has 0 unspecified atom stereocenters. The van der Waals surface area contributed by atoms with E-state index in [0.29, 0.717) is 16.8 Å². The minimum Gasteiger partial charge on any atom is -0.389 e. The first-order chi connectivity index (χ1) is 6.63. The maximum Gasteiger partial charge on any atom is 0.104 e. The maximum atomic E-state index is 9.01. The number of nitrogens with zero attached hydrogens (tertiary/aromatic N) is 1. The second-order valence-electron chi connectivity index (χ2n) is 4.24. The van der Waals surface area contributed by atoms with Crippen LogP contribution in [0.1, 0.15) is 42.2 Å². The van der Waals surface area contributed by atoms with E-state index in [1.807, 2.05) is 0 Å². The molecule has 3 heteroatoms. The Balaban J connectivity index is 2.55. The number of fused-ring (bicyclic) bond motifs is 1. The molecule has 14 heavy (non-hydrogen) atoms. The van der Waals surface area contributed by atoms with Crippen LogP contribution in [0.15, 0.2) is 0 Å². The zero-order valence-electron chi connectivity index (χ0n) is 8.50. The quantitative estimate of drug-likeness (QED) is 0.709. The van der Waals surface area contributed by atoms with Crippen molar-refractivity contribution in [1.82, 2.24) is 0 Å². The van der Waals surface area contributed by atoms with Gasteiger partial charge in [0.2, 0.25) is 0 Å². The summed E-state index contributed by atoms with van der Waals surface area (Å²) in [5.41, 5.74) is 7.80. The molecular weight excluding hydrogens is 192 g/mol. The molecule has 0 spiro atoms. The summed E-state index contributed by atoms with van der Waals surface area (Å²) in [4.78, 5) is 1.34. The first-order valence-electron chi connectivity index (χ1n) is 4.94. The summed E-state index contributed by atoms with van der Waals surface area (Å²) in [6.07, 6.45) is 2.24. The van der Waals surface area contributed by atoms with Crippen LogP contribution in [0.2, 0.25) is 0 Å². The molecule has 0 bridgehead atoms. The Morgan fingerprint density at radius 1 is 1.50 bits per heavy atom. The first kappa shape index (κ1) is 9.54. The zero-order chi connectivity index (χ0) is 10.3. The first-order valence-corrected chi connectivity index (χ1v) is 5.76. The molecule has 1 aromatic rings. The Kier molecular flexibility index (Phi) is 2.24. The molecule has 0 aliphatic heterocycles. The summed E-state index contributed by atoms with van der Waals surface area (Å²) >= 11 is 1.61. The molecule has 0 saturated carbocycles. The third kappa shape index (κ3) is 1.31. The van der Waals surface area contributed by atoms with E-state index < -0.39 is 0 Å². The average molecular weight is 206 g/mol. The van der Waals surface area contributed by atoms with E-state index in [2.05, 4.69) is 19.9 Å². The number of hydrogen-bond donors (Lipinski definition) is 1.